The van der Waals surface area contributed by atoms with Crippen molar-refractivity contribution in [3.05, 3.63) is 0 Å². The van der Waals surface area contributed by atoms with Crippen LogP contribution in [0, 0.1) is 0 Å². The van der Waals surface area contributed by atoms with Crippen LogP contribution in [0.4, 0.5) is 0 Å². The van der Waals surface area contributed by atoms with Gasteiger partial charge in [0.1, 0.15) is 0 Å². The maximum absolute atomic E-state index is 10.1. The zero-order valence-electron chi connectivity index (χ0n) is 16.7. The van der Waals surface area contributed by atoms with E-state index >= 15 is 0 Å². The Morgan fingerprint density at radius 3 is 1.29 bits per heavy atom. The Morgan fingerprint density at radius 1 is 0.625 bits per heavy atom. The van der Waals surface area contributed by atoms with E-state index in [0.29, 0.717) is 6.42 Å². The summed E-state index contributed by atoms with van der Waals surface area (Å²) in [5.41, 5.74) is 5.42. The summed E-state index contributed by atoms with van der Waals surface area (Å²) in [4.78, 5) is 10.1. The molecule has 0 spiro atoms. The SMILES string of the molecule is CCCCCCCCC(=O)O.CCCCCCCCCCCCN. The smallest absolute Gasteiger partial charge is 0.303 e. The second-order valence-electron chi connectivity index (χ2n) is 6.88. The van der Waals surface area contributed by atoms with Crippen molar-refractivity contribution in [1.29, 1.82) is 0 Å². The van der Waals surface area contributed by atoms with Gasteiger partial charge < -0.3 is 10.8 Å². The number of unbranched alkanes of at least 4 members (excludes halogenated alkanes) is 14. The monoisotopic (exact) mass is 343 g/mol. The molecule has 0 unspecified atom stereocenters. The molecule has 146 valence electrons. The molecule has 0 saturated heterocycles. The van der Waals surface area contributed by atoms with E-state index in [4.69, 9.17) is 10.8 Å². The quantitative estimate of drug-likeness (QED) is 0.289. The predicted molar refractivity (Wildman–Crippen MR) is 107 cm³/mol. The van der Waals surface area contributed by atoms with E-state index in [1.54, 1.807) is 0 Å². The number of nitrogens with two attached hydrogens (primary N) is 1. The lowest BCUT2D eigenvalue weighted by Gasteiger charge is -2.00. The fraction of sp³-hybridized carbons (Fsp3) is 0.952. The third-order valence-corrected chi connectivity index (χ3v) is 4.30. The molecule has 0 bridgehead atoms. The summed E-state index contributed by atoms with van der Waals surface area (Å²) < 4.78 is 0. The highest BCUT2D eigenvalue weighted by Crippen LogP contribution is 2.10. The molecule has 0 aliphatic heterocycles. The minimum atomic E-state index is -0.666. The molecule has 0 atom stereocenters. The van der Waals surface area contributed by atoms with Crippen LogP contribution in [0.5, 0.6) is 0 Å². The van der Waals surface area contributed by atoms with Crippen LogP contribution in [0.25, 0.3) is 0 Å². The summed E-state index contributed by atoms with van der Waals surface area (Å²) in [6, 6.07) is 0. The van der Waals surface area contributed by atoms with E-state index in [0.717, 1.165) is 19.4 Å². The van der Waals surface area contributed by atoms with E-state index < -0.39 is 5.97 Å². The van der Waals surface area contributed by atoms with Gasteiger partial charge in [-0.05, 0) is 19.4 Å². The summed E-state index contributed by atoms with van der Waals surface area (Å²) in [5.74, 6) is -0.666. The lowest BCUT2D eigenvalue weighted by molar-refractivity contribution is -0.137. The number of aliphatic carboxylic acids is 1. The van der Waals surface area contributed by atoms with E-state index in [1.165, 1.54) is 89.9 Å². The van der Waals surface area contributed by atoms with Gasteiger partial charge in [0, 0.05) is 6.42 Å². The highest BCUT2D eigenvalue weighted by molar-refractivity contribution is 5.66. The molecule has 3 nitrogen and oxygen atoms in total. The Balaban J connectivity index is 0. The molecule has 0 heterocycles. The van der Waals surface area contributed by atoms with Gasteiger partial charge in [-0.2, -0.15) is 0 Å². The first kappa shape index (κ1) is 25.7. The van der Waals surface area contributed by atoms with Crippen LogP contribution in [0.1, 0.15) is 123 Å². The summed E-state index contributed by atoms with van der Waals surface area (Å²) in [6.45, 7) is 5.32. The molecule has 0 radical (unpaired) electrons. The predicted octanol–water partition coefficient (Wildman–Crippen LogP) is 6.69. The van der Waals surface area contributed by atoms with Crippen LogP contribution in [-0.2, 0) is 4.79 Å². The number of hydrogen-bond acceptors (Lipinski definition) is 2. The average Bonchev–Trinajstić information content (AvgIpc) is 2.57. The Hall–Kier alpha value is -0.570. The zero-order chi connectivity index (χ0) is 18.3. The average molecular weight is 344 g/mol. The highest BCUT2D eigenvalue weighted by atomic mass is 16.4. The molecule has 0 aliphatic carbocycles. The van der Waals surface area contributed by atoms with Crippen LogP contribution >= 0.6 is 0 Å². The largest absolute Gasteiger partial charge is 0.481 e. The van der Waals surface area contributed by atoms with E-state index in [1.807, 2.05) is 0 Å². The van der Waals surface area contributed by atoms with Gasteiger partial charge in [0.05, 0.1) is 0 Å². The molecule has 0 aromatic rings. The summed E-state index contributed by atoms with van der Waals surface area (Å²) in [6.07, 6.45) is 21.2. The first-order valence-electron chi connectivity index (χ1n) is 10.6. The minimum Gasteiger partial charge on any atom is -0.481 e. The van der Waals surface area contributed by atoms with Crippen LogP contribution in [0.15, 0.2) is 0 Å². The molecule has 3 heteroatoms. The second kappa shape index (κ2) is 24.7. The minimum absolute atomic E-state index is 0.339. The van der Waals surface area contributed by atoms with Crippen molar-refractivity contribution in [2.45, 2.75) is 123 Å². The number of hydrogen-bond donors (Lipinski definition) is 2. The fourth-order valence-corrected chi connectivity index (χ4v) is 2.69. The molecule has 0 aromatic carbocycles. The molecule has 0 fully saturated rings. The van der Waals surface area contributed by atoms with Crippen LogP contribution < -0.4 is 5.73 Å². The van der Waals surface area contributed by atoms with E-state index in [-0.39, 0.29) is 0 Å². The number of carboxylic acid groups (broad SMARTS) is 1. The molecular weight excluding hydrogens is 298 g/mol. The lowest BCUT2D eigenvalue weighted by Crippen LogP contribution is -1.97. The van der Waals surface area contributed by atoms with Gasteiger partial charge >= 0.3 is 5.97 Å². The molecule has 0 aliphatic rings. The first-order chi connectivity index (χ1) is 11.7. The first-order valence-corrected chi connectivity index (χ1v) is 10.6. The normalized spacial score (nSPS) is 10.3. The third-order valence-electron chi connectivity index (χ3n) is 4.30. The maximum Gasteiger partial charge on any atom is 0.303 e. The van der Waals surface area contributed by atoms with Crippen molar-refractivity contribution in [3.63, 3.8) is 0 Å². The van der Waals surface area contributed by atoms with E-state index in [2.05, 4.69) is 13.8 Å². The molecule has 0 saturated carbocycles. The van der Waals surface area contributed by atoms with Gasteiger partial charge in [-0.3, -0.25) is 4.79 Å². The van der Waals surface area contributed by atoms with Gasteiger partial charge in [0.25, 0.3) is 0 Å². The number of carboxylic acids is 1. The van der Waals surface area contributed by atoms with Crippen molar-refractivity contribution in [2.75, 3.05) is 6.54 Å². The second-order valence-corrected chi connectivity index (χ2v) is 6.88. The number of rotatable bonds is 17. The summed E-state index contributed by atoms with van der Waals surface area (Å²) in [5, 5.41) is 8.32. The summed E-state index contributed by atoms with van der Waals surface area (Å²) >= 11 is 0. The van der Waals surface area contributed by atoms with Gasteiger partial charge in [0.15, 0.2) is 0 Å². The fourth-order valence-electron chi connectivity index (χ4n) is 2.69. The summed E-state index contributed by atoms with van der Waals surface area (Å²) in [7, 11) is 0. The molecule has 0 rings (SSSR count). The highest BCUT2D eigenvalue weighted by Gasteiger charge is 1.95. The van der Waals surface area contributed by atoms with Crippen molar-refractivity contribution in [2.24, 2.45) is 5.73 Å². The van der Waals surface area contributed by atoms with Crippen LogP contribution in [0.3, 0.4) is 0 Å². The Bertz CT molecular complexity index is 222. The Labute approximate surface area is 151 Å². The molecule has 0 aromatic heterocycles. The molecule has 24 heavy (non-hydrogen) atoms. The van der Waals surface area contributed by atoms with Crippen LogP contribution in [-0.4, -0.2) is 17.6 Å². The van der Waals surface area contributed by atoms with E-state index in [9.17, 15) is 4.79 Å². The van der Waals surface area contributed by atoms with Gasteiger partial charge in [-0.15, -0.1) is 0 Å². The van der Waals surface area contributed by atoms with Gasteiger partial charge in [-0.25, -0.2) is 0 Å². The third kappa shape index (κ3) is 29.4. The van der Waals surface area contributed by atoms with Crippen molar-refractivity contribution < 1.29 is 9.90 Å². The van der Waals surface area contributed by atoms with Crippen molar-refractivity contribution in [3.8, 4) is 0 Å². The Morgan fingerprint density at radius 2 is 0.958 bits per heavy atom. The zero-order valence-corrected chi connectivity index (χ0v) is 16.7. The van der Waals surface area contributed by atoms with Gasteiger partial charge in [-0.1, -0.05) is 104 Å². The number of carbonyl (C=O) groups is 1. The van der Waals surface area contributed by atoms with Crippen molar-refractivity contribution >= 4 is 5.97 Å². The van der Waals surface area contributed by atoms with Crippen LogP contribution in [0.2, 0.25) is 0 Å². The Kier molecular flexibility index (Phi) is 26.4. The van der Waals surface area contributed by atoms with Gasteiger partial charge in [0.2, 0.25) is 0 Å². The molecule has 0 amide bonds. The van der Waals surface area contributed by atoms with Crippen molar-refractivity contribution in [1.82, 2.24) is 0 Å². The molecular formula is C21H45NO2. The standard InChI is InChI=1S/C12H27N.C9H18O2/c1-2-3-4-5-6-7-8-9-10-11-12-13;1-2-3-4-5-6-7-8-9(10)11/h2-13H2,1H3;2-8H2,1H3,(H,10,11). The maximum atomic E-state index is 10.1. The molecule has 3 N–H and O–H groups in total. The lowest BCUT2D eigenvalue weighted by atomic mass is 10.1. The topological polar surface area (TPSA) is 63.3 Å².